The Morgan fingerprint density at radius 1 is 1.31 bits per heavy atom. The minimum absolute atomic E-state index is 0.0287. The van der Waals surface area contributed by atoms with Gasteiger partial charge in [0.1, 0.15) is 12.2 Å². The van der Waals surface area contributed by atoms with Gasteiger partial charge in [-0.2, -0.15) is 0 Å². The average Bonchev–Trinajstić information content (AvgIpc) is 2.54. The van der Waals surface area contributed by atoms with Crippen LogP contribution in [0, 0.1) is 3.57 Å². The van der Waals surface area contributed by atoms with Gasteiger partial charge in [-0.1, -0.05) is 18.2 Å². The molecular weight excluding hydrogens is 319 g/mol. The Morgan fingerprint density at radius 3 is 2.62 bits per heavy atom. The summed E-state index contributed by atoms with van der Waals surface area (Å²) in [6, 6.07) is 8.00. The van der Waals surface area contributed by atoms with Gasteiger partial charge in [-0.15, -0.1) is 0 Å². The van der Waals surface area contributed by atoms with E-state index in [0.29, 0.717) is 0 Å². The topological polar surface area (TPSA) is 38.7 Å². The second-order valence-electron chi connectivity index (χ2n) is 4.30. The van der Waals surface area contributed by atoms with Crippen molar-refractivity contribution >= 4 is 22.6 Å². The number of aliphatic hydroxyl groups excluding tert-OH is 1. The fourth-order valence-electron chi connectivity index (χ4n) is 1.94. The average molecular weight is 334 g/mol. The number of aliphatic hydroxyl groups is 1. The quantitative estimate of drug-likeness (QED) is 0.845. The molecular formula is C12H15IO3. The molecule has 3 nitrogen and oxygen atoms in total. The van der Waals surface area contributed by atoms with E-state index in [0.717, 1.165) is 9.13 Å². The fourth-order valence-corrected chi connectivity index (χ4v) is 2.63. The molecule has 0 unspecified atom stereocenters. The van der Waals surface area contributed by atoms with E-state index in [9.17, 15) is 5.11 Å². The predicted molar refractivity (Wildman–Crippen MR) is 69.0 cm³/mol. The van der Waals surface area contributed by atoms with Gasteiger partial charge < -0.3 is 14.6 Å². The molecule has 1 N–H and O–H groups in total. The SMILES string of the molecule is CC1(C)O[C@H](c2ccccc2I)[C@@H](CO)O1. The van der Waals surface area contributed by atoms with Crippen LogP contribution in [0.25, 0.3) is 0 Å². The number of halogens is 1. The molecule has 1 saturated heterocycles. The highest BCUT2D eigenvalue weighted by molar-refractivity contribution is 14.1. The summed E-state index contributed by atoms with van der Waals surface area (Å²) in [5.41, 5.74) is 1.08. The molecule has 0 amide bonds. The third kappa shape index (κ3) is 2.40. The number of ether oxygens (including phenoxy) is 2. The van der Waals surface area contributed by atoms with E-state index >= 15 is 0 Å². The van der Waals surface area contributed by atoms with Crippen molar-refractivity contribution in [2.75, 3.05) is 6.61 Å². The molecule has 0 aliphatic carbocycles. The lowest BCUT2D eigenvalue weighted by molar-refractivity contribution is -0.149. The van der Waals surface area contributed by atoms with Crippen LogP contribution in [0.5, 0.6) is 0 Å². The van der Waals surface area contributed by atoms with Crippen LogP contribution in [0.15, 0.2) is 24.3 Å². The van der Waals surface area contributed by atoms with E-state index in [1.807, 2.05) is 38.1 Å². The van der Waals surface area contributed by atoms with Crippen molar-refractivity contribution in [2.45, 2.75) is 31.8 Å². The molecule has 1 heterocycles. The van der Waals surface area contributed by atoms with Gasteiger partial charge >= 0.3 is 0 Å². The molecule has 0 aromatic heterocycles. The lowest BCUT2D eigenvalue weighted by Crippen LogP contribution is -2.23. The summed E-state index contributed by atoms with van der Waals surface area (Å²) in [7, 11) is 0. The smallest absolute Gasteiger partial charge is 0.164 e. The van der Waals surface area contributed by atoms with Crippen molar-refractivity contribution in [1.82, 2.24) is 0 Å². The van der Waals surface area contributed by atoms with Crippen molar-refractivity contribution in [3.63, 3.8) is 0 Å². The zero-order valence-corrected chi connectivity index (χ0v) is 11.5. The first kappa shape index (κ1) is 12.3. The monoisotopic (exact) mass is 334 g/mol. The zero-order chi connectivity index (χ0) is 11.8. The molecule has 1 aromatic rings. The van der Waals surface area contributed by atoms with Crippen molar-refractivity contribution in [3.8, 4) is 0 Å². The Hall–Kier alpha value is -0.170. The molecule has 1 aromatic carbocycles. The Morgan fingerprint density at radius 2 is 2.00 bits per heavy atom. The van der Waals surface area contributed by atoms with Crippen LogP contribution in [-0.2, 0) is 9.47 Å². The van der Waals surface area contributed by atoms with Gasteiger partial charge in [0.2, 0.25) is 0 Å². The van der Waals surface area contributed by atoms with Crippen molar-refractivity contribution in [2.24, 2.45) is 0 Å². The van der Waals surface area contributed by atoms with E-state index in [4.69, 9.17) is 9.47 Å². The predicted octanol–water partition coefficient (Wildman–Crippen LogP) is 2.48. The Kier molecular flexibility index (Phi) is 3.53. The minimum atomic E-state index is -0.628. The zero-order valence-electron chi connectivity index (χ0n) is 9.31. The molecule has 4 heteroatoms. The largest absolute Gasteiger partial charge is 0.394 e. The molecule has 16 heavy (non-hydrogen) atoms. The van der Waals surface area contributed by atoms with E-state index < -0.39 is 5.79 Å². The molecule has 0 radical (unpaired) electrons. The molecule has 1 aliphatic rings. The van der Waals surface area contributed by atoms with Crippen LogP contribution in [0.1, 0.15) is 25.5 Å². The molecule has 88 valence electrons. The van der Waals surface area contributed by atoms with E-state index in [1.54, 1.807) is 0 Å². The summed E-state index contributed by atoms with van der Waals surface area (Å²) >= 11 is 2.27. The lowest BCUT2D eigenvalue weighted by Gasteiger charge is -2.17. The third-order valence-electron chi connectivity index (χ3n) is 2.58. The van der Waals surface area contributed by atoms with Crippen LogP contribution in [0.4, 0.5) is 0 Å². The van der Waals surface area contributed by atoms with Gasteiger partial charge in [0, 0.05) is 3.57 Å². The van der Waals surface area contributed by atoms with Crippen LogP contribution in [0.2, 0.25) is 0 Å². The molecule has 2 atom stereocenters. The minimum Gasteiger partial charge on any atom is -0.394 e. The summed E-state index contributed by atoms with van der Waals surface area (Å²) in [4.78, 5) is 0. The highest BCUT2D eigenvalue weighted by atomic mass is 127. The highest BCUT2D eigenvalue weighted by Crippen LogP contribution is 2.39. The second kappa shape index (κ2) is 4.60. The van der Waals surface area contributed by atoms with Crippen molar-refractivity contribution in [3.05, 3.63) is 33.4 Å². The first-order chi connectivity index (χ1) is 7.53. The maximum atomic E-state index is 9.31. The maximum Gasteiger partial charge on any atom is 0.164 e. The second-order valence-corrected chi connectivity index (χ2v) is 5.46. The van der Waals surface area contributed by atoms with Gasteiger partial charge in [-0.05, 0) is 48.1 Å². The summed E-state index contributed by atoms with van der Waals surface area (Å²) in [6.07, 6.45) is -0.473. The van der Waals surface area contributed by atoms with E-state index in [-0.39, 0.29) is 18.8 Å². The van der Waals surface area contributed by atoms with Crippen LogP contribution in [-0.4, -0.2) is 23.6 Å². The molecule has 0 bridgehead atoms. The van der Waals surface area contributed by atoms with Gasteiger partial charge in [0.25, 0.3) is 0 Å². The number of rotatable bonds is 2. The van der Waals surface area contributed by atoms with Gasteiger partial charge in [-0.25, -0.2) is 0 Å². The third-order valence-corrected chi connectivity index (χ3v) is 3.56. The summed E-state index contributed by atoms with van der Waals surface area (Å²) < 4.78 is 12.6. The highest BCUT2D eigenvalue weighted by Gasteiger charge is 2.42. The van der Waals surface area contributed by atoms with Gasteiger partial charge in [-0.3, -0.25) is 0 Å². The summed E-state index contributed by atoms with van der Waals surface area (Å²) in [5, 5.41) is 9.31. The van der Waals surface area contributed by atoms with Crippen molar-refractivity contribution < 1.29 is 14.6 Å². The molecule has 1 fully saturated rings. The number of hydrogen-bond donors (Lipinski definition) is 1. The Bertz CT molecular complexity index is 378. The maximum absolute atomic E-state index is 9.31. The standard InChI is InChI=1S/C12H15IO3/c1-12(2)15-10(7-14)11(16-12)8-5-3-4-6-9(8)13/h3-6,10-11,14H,7H2,1-2H3/t10-,11-/m1/s1. The van der Waals surface area contributed by atoms with Gasteiger partial charge in [0.15, 0.2) is 5.79 Å². The van der Waals surface area contributed by atoms with E-state index in [2.05, 4.69) is 22.6 Å². The first-order valence-electron chi connectivity index (χ1n) is 5.24. The van der Waals surface area contributed by atoms with Crippen LogP contribution in [0.3, 0.4) is 0 Å². The number of hydrogen-bond acceptors (Lipinski definition) is 3. The van der Waals surface area contributed by atoms with E-state index in [1.165, 1.54) is 0 Å². The van der Waals surface area contributed by atoms with Crippen LogP contribution < -0.4 is 0 Å². The fraction of sp³-hybridized carbons (Fsp3) is 0.500. The number of benzene rings is 1. The Balaban J connectivity index is 2.30. The summed E-state index contributed by atoms with van der Waals surface area (Å²) in [5.74, 6) is -0.628. The normalized spacial score (nSPS) is 28.2. The lowest BCUT2D eigenvalue weighted by atomic mass is 10.1. The first-order valence-corrected chi connectivity index (χ1v) is 6.32. The molecule has 2 rings (SSSR count). The Labute approximate surface area is 109 Å². The van der Waals surface area contributed by atoms with Gasteiger partial charge in [0.05, 0.1) is 6.61 Å². The molecule has 1 aliphatic heterocycles. The van der Waals surface area contributed by atoms with Crippen LogP contribution >= 0.6 is 22.6 Å². The summed E-state index contributed by atoms with van der Waals surface area (Å²) in [6.45, 7) is 3.70. The molecule has 0 spiro atoms. The van der Waals surface area contributed by atoms with Crippen molar-refractivity contribution in [1.29, 1.82) is 0 Å². The molecule has 0 saturated carbocycles.